The van der Waals surface area contributed by atoms with Crippen molar-refractivity contribution in [3.05, 3.63) is 29.3 Å². The number of nitrogens with one attached hydrogen (secondary N) is 1. The summed E-state index contributed by atoms with van der Waals surface area (Å²) in [6, 6.07) is 6.21. The Morgan fingerprint density at radius 3 is 3.14 bits per heavy atom. The third-order valence-electron chi connectivity index (χ3n) is 4.43. The first kappa shape index (κ1) is 14.8. The van der Waals surface area contributed by atoms with Gasteiger partial charge in [-0.1, -0.05) is 12.1 Å². The van der Waals surface area contributed by atoms with Crippen LogP contribution < -0.4 is 5.32 Å². The summed E-state index contributed by atoms with van der Waals surface area (Å²) < 4.78 is 11.2. The Hall–Kier alpha value is -1.10. The minimum atomic E-state index is 0.322. The van der Waals surface area contributed by atoms with E-state index in [4.69, 9.17) is 9.47 Å². The van der Waals surface area contributed by atoms with E-state index in [2.05, 4.69) is 11.4 Å². The van der Waals surface area contributed by atoms with Gasteiger partial charge in [-0.15, -0.1) is 0 Å². The van der Waals surface area contributed by atoms with Gasteiger partial charge in [0.05, 0.1) is 12.7 Å². The minimum absolute atomic E-state index is 0.322. The molecule has 1 aromatic rings. The normalized spacial score (nSPS) is 24.4. The number of phenolic OH excluding ortho intramolecular Hbond substituents is 1. The summed E-state index contributed by atoms with van der Waals surface area (Å²) >= 11 is 0. The Labute approximate surface area is 126 Å². The van der Waals surface area contributed by atoms with Gasteiger partial charge in [0.2, 0.25) is 0 Å². The van der Waals surface area contributed by atoms with Crippen LogP contribution in [0.2, 0.25) is 0 Å². The molecule has 0 aromatic heterocycles. The molecule has 1 heterocycles. The molecule has 0 radical (unpaired) electrons. The number of fused-ring (bicyclic) bond motifs is 1. The first-order valence-corrected chi connectivity index (χ1v) is 8.08. The first-order valence-electron chi connectivity index (χ1n) is 8.08. The number of ether oxygens (including phenoxy) is 2. The van der Waals surface area contributed by atoms with Gasteiger partial charge in [-0.05, 0) is 55.8 Å². The van der Waals surface area contributed by atoms with Crippen LogP contribution in [-0.4, -0.2) is 37.6 Å². The molecule has 3 rings (SSSR count). The Kier molecular flexibility index (Phi) is 5.12. The van der Waals surface area contributed by atoms with Gasteiger partial charge >= 0.3 is 0 Å². The number of hydrogen-bond donors (Lipinski definition) is 2. The zero-order valence-corrected chi connectivity index (χ0v) is 12.5. The van der Waals surface area contributed by atoms with Crippen LogP contribution in [0.4, 0.5) is 0 Å². The van der Waals surface area contributed by atoms with E-state index >= 15 is 0 Å². The number of phenols is 1. The number of rotatable bonds is 7. The Morgan fingerprint density at radius 1 is 1.33 bits per heavy atom. The van der Waals surface area contributed by atoms with Gasteiger partial charge < -0.3 is 19.9 Å². The molecule has 1 aliphatic carbocycles. The van der Waals surface area contributed by atoms with Crippen molar-refractivity contribution in [2.24, 2.45) is 0 Å². The molecule has 1 aromatic carbocycles. The molecular weight excluding hydrogens is 266 g/mol. The van der Waals surface area contributed by atoms with Crippen LogP contribution >= 0.6 is 0 Å². The summed E-state index contributed by atoms with van der Waals surface area (Å²) in [6.07, 6.45) is 5.68. The maximum Gasteiger partial charge on any atom is 0.119 e. The lowest BCUT2D eigenvalue weighted by Gasteiger charge is -2.15. The SMILES string of the molecule is Oc1cccc2c1CCC2NCCCOCC1CCCO1. The zero-order chi connectivity index (χ0) is 14.5. The Bertz CT molecular complexity index is 457. The molecule has 4 heteroatoms. The fraction of sp³-hybridized carbons (Fsp3) is 0.647. The average Bonchev–Trinajstić information content (AvgIpc) is 3.13. The van der Waals surface area contributed by atoms with Gasteiger partial charge in [-0.25, -0.2) is 0 Å². The van der Waals surface area contributed by atoms with Crippen LogP contribution in [0.5, 0.6) is 5.75 Å². The summed E-state index contributed by atoms with van der Waals surface area (Å²) in [7, 11) is 0. The van der Waals surface area contributed by atoms with E-state index in [1.165, 1.54) is 12.0 Å². The van der Waals surface area contributed by atoms with Crippen LogP contribution in [0.15, 0.2) is 18.2 Å². The zero-order valence-electron chi connectivity index (χ0n) is 12.5. The fourth-order valence-corrected chi connectivity index (χ4v) is 3.29. The van der Waals surface area contributed by atoms with Crippen LogP contribution in [0.1, 0.15) is 42.9 Å². The van der Waals surface area contributed by atoms with Crippen LogP contribution in [0.25, 0.3) is 0 Å². The lowest BCUT2D eigenvalue weighted by molar-refractivity contribution is 0.0165. The topological polar surface area (TPSA) is 50.7 Å². The van der Waals surface area contributed by atoms with Gasteiger partial charge in [0.15, 0.2) is 0 Å². The molecule has 0 bridgehead atoms. The van der Waals surface area contributed by atoms with Crippen molar-refractivity contribution >= 4 is 0 Å². The minimum Gasteiger partial charge on any atom is -0.508 e. The van der Waals surface area contributed by atoms with Crippen molar-refractivity contribution in [2.45, 2.75) is 44.2 Å². The molecule has 0 saturated carbocycles. The smallest absolute Gasteiger partial charge is 0.119 e. The quantitative estimate of drug-likeness (QED) is 0.758. The van der Waals surface area contributed by atoms with E-state index in [0.717, 1.165) is 57.6 Å². The van der Waals surface area contributed by atoms with Crippen LogP contribution in [0.3, 0.4) is 0 Å². The summed E-state index contributed by atoms with van der Waals surface area (Å²) in [6.45, 7) is 3.36. The summed E-state index contributed by atoms with van der Waals surface area (Å²) in [5.74, 6) is 0.441. The summed E-state index contributed by atoms with van der Waals surface area (Å²) in [4.78, 5) is 0. The van der Waals surface area contributed by atoms with Crippen molar-refractivity contribution in [3.8, 4) is 5.75 Å². The van der Waals surface area contributed by atoms with Crippen molar-refractivity contribution in [2.75, 3.05) is 26.4 Å². The second-order valence-electron chi connectivity index (χ2n) is 5.95. The summed E-state index contributed by atoms with van der Waals surface area (Å²) in [5.41, 5.74) is 2.37. The van der Waals surface area contributed by atoms with Gasteiger partial charge in [0.1, 0.15) is 5.75 Å². The molecule has 0 spiro atoms. The van der Waals surface area contributed by atoms with Crippen molar-refractivity contribution in [3.63, 3.8) is 0 Å². The van der Waals surface area contributed by atoms with Gasteiger partial charge in [-0.3, -0.25) is 0 Å². The molecule has 1 fully saturated rings. The van der Waals surface area contributed by atoms with Crippen LogP contribution in [-0.2, 0) is 15.9 Å². The lowest BCUT2D eigenvalue weighted by Crippen LogP contribution is -2.22. The van der Waals surface area contributed by atoms with E-state index in [1.54, 1.807) is 6.07 Å². The lowest BCUT2D eigenvalue weighted by atomic mass is 10.1. The monoisotopic (exact) mass is 291 g/mol. The molecule has 1 aliphatic heterocycles. The Balaban J connectivity index is 1.33. The third kappa shape index (κ3) is 3.76. The predicted molar refractivity (Wildman–Crippen MR) is 81.6 cm³/mol. The molecule has 0 amide bonds. The highest BCUT2D eigenvalue weighted by atomic mass is 16.5. The van der Waals surface area contributed by atoms with E-state index in [1.807, 2.05) is 6.07 Å². The van der Waals surface area contributed by atoms with Crippen LogP contribution in [0, 0.1) is 0 Å². The molecular formula is C17H25NO3. The highest BCUT2D eigenvalue weighted by Crippen LogP contribution is 2.36. The molecule has 2 unspecified atom stereocenters. The Morgan fingerprint density at radius 2 is 2.29 bits per heavy atom. The average molecular weight is 291 g/mol. The second-order valence-corrected chi connectivity index (χ2v) is 5.95. The number of benzene rings is 1. The van der Waals surface area contributed by atoms with Crippen molar-refractivity contribution in [1.82, 2.24) is 5.32 Å². The third-order valence-corrected chi connectivity index (χ3v) is 4.43. The maximum absolute atomic E-state index is 9.83. The van der Waals surface area contributed by atoms with E-state index in [0.29, 0.717) is 17.9 Å². The molecule has 116 valence electrons. The molecule has 1 saturated heterocycles. The number of hydrogen-bond acceptors (Lipinski definition) is 4. The molecule has 2 N–H and O–H groups in total. The maximum atomic E-state index is 9.83. The van der Waals surface area contributed by atoms with E-state index < -0.39 is 0 Å². The predicted octanol–water partition coefficient (Wildman–Crippen LogP) is 2.55. The van der Waals surface area contributed by atoms with E-state index in [9.17, 15) is 5.11 Å². The molecule has 2 aliphatic rings. The standard InChI is InChI=1S/C17H25NO3/c19-17-6-1-5-14-15(17)7-8-16(14)18-9-3-10-20-12-13-4-2-11-21-13/h1,5-6,13,16,18-19H,2-4,7-12H2. The van der Waals surface area contributed by atoms with Crippen molar-refractivity contribution in [1.29, 1.82) is 0 Å². The molecule has 21 heavy (non-hydrogen) atoms. The first-order chi connectivity index (χ1) is 10.3. The number of aromatic hydroxyl groups is 1. The molecule has 4 nitrogen and oxygen atoms in total. The highest BCUT2D eigenvalue weighted by molar-refractivity contribution is 5.44. The van der Waals surface area contributed by atoms with Gasteiger partial charge in [0.25, 0.3) is 0 Å². The second kappa shape index (κ2) is 7.25. The van der Waals surface area contributed by atoms with E-state index in [-0.39, 0.29) is 0 Å². The van der Waals surface area contributed by atoms with Gasteiger partial charge in [-0.2, -0.15) is 0 Å². The van der Waals surface area contributed by atoms with Crippen molar-refractivity contribution < 1.29 is 14.6 Å². The fourth-order valence-electron chi connectivity index (χ4n) is 3.29. The molecule has 2 atom stereocenters. The summed E-state index contributed by atoms with van der Waals surface area (Å²) in [5, 5.41) is 13.4. The largest absolute Gasteiger partial charge is 0.508 e. The van der Waals surface area contributed by atoms with Gasteiger partial charge in [0, 0.05) is 19.3 Å². The highest BCUT2D eigenvalue weighted by Gasteiger charge is 2.23.